The van der Waals surface area contributed by atoms with Gasteiger partial charge in [0.25, 0.3) is 11.8 Å². The summed E-state index contributed by atoms with van der Waals surface area (Å²) in [5.74, 6) is 0.793. The molecule has 0 spiro atoms. The Morgan fingerprint density at radius 1 is 0.824 bits per heavy atom. The van der Waals surface area contributed by atoms with Gasteiger partial charge in [0.2, 0.25) is 0 Å². The zero-order valence-corrected chi connectivity index (χ0v) is 19.3. The van der Waals surface area contributed by atoms with Gasteiger partial charge in [0.1, 0.15) is 11.4 Å². The number of rotatable bonds is 9. The normalized spacial score (nSPS) is 13.3. The molecule has 1 N–H and O–H groups in total. The van der Waals surface area contributed by atoms with Gasteiger partial charge in [-0.1, -0.05) is 37.3 Å². The number of nitrogens with zero attached hydrogens (tertiary/aromatic N) is 1. The fourth-order valence-electron chi connectivity index (χ4n) is 3.74. The van der Waals surface area contributed by atoms with Crippen molar-refractivity contribution in [3.05, 3.63) is 84.1 Å². The van der Waals surface area contributed by atoms with Crippen molar-refractivity contribution in [2.45, 2.75) is 13.3 Å². The van der Waals surface area contributed by atoms with Gasteiger partial charge in [0.05, 0.1) is 32.1 Å². The summed E-state index contributed by atoms with van der Waals surface area (Å²) in [5.41, 5.74) is 2.09. The highest BCUT2D eigenvalue weighted by Crippen LogP contribution is 2.37. The Morgan fingerprint density at radius 2 is 1.59 bits per heavy atom. The first-order chi connectivity index (χ1) is 16.6. The van der Waals surface area contributed by atoms with Crippen LogP contribution in [0.5, 0.6) is 17.2 Å². The van der Waals surface area contributed by atoms with E-state index in [-0.39, 0.29) is 11.3 Å². The molecule has 7 nitrogen and oxygen atoms in total. The molecule has 34 heavy (non-hydrogen) atoms. The number of benzene rings is 3. The smallest absolute Gasteiger partial charge is 0.282 e. The average Bonchev–Trinajstić information content (AvgIpc) is 3.11. The van der Waals surface area contributed by atoms with Crippen LogP contribution in [0.15, 0.2) is 78.5 Å². The quantitative estimate of drug-likeness (QED) is 0.460. The molecule has 0 saturated carbocycles. The van der Waals surface area contributed by atoms with Crippen LogP contribution in [-0.2, 0) is 9.59 Å². The van der Waals surface area contributed by atoms with Crippen LogP contribution < -0.4 is 24.4 Å². The molecule has 0 aromatic heterocycles. The second-order valence-electron chi connectivity index (χ2n) is 7.60. The van der Waals surface area contributed by atoms with E-state index in [4.69, 9.17) is 14.2 Å². The van der Waals surface area contributed by atoms with Gasteiger partial charge in [-0.15, -0.1) is 0 Å². The molecule has 0 fully saturated rings. The number of amides is 2. The summed E-state index contributed by atoms with van der Waals surface area (Å²) in [4.78, 5) is 28.3. The summed E-state index contributed by atoms with van der Waals surface area (Å²) in [7, 11) is 3.06. The monoisotopic (exact) mass is 458 g/mol. The van der Waals surface area contributed by atoms with Crippen LogP contribution in [0.2, 0.25) is 0 Å². The lowest BCUT2D eigenvalue weighted by molar-refractivity contribution is -0.120. The summed E-state index contributed by atoms with van der Waals surface area (Å²) >= 11 is 0. The first-order valence-corrected chi connectivity index (χ1v) is 11.0. The third-order valence-electron chi connectivity index (χ3n) is 5.35. The first kappa shape index (κ1) is 22.9. The Kier molecular flexibility index (Phi) is 6.82. The van der Waals surface area contributed by atoms with Crippen LogP contribution in [0.25, 0.3) is 5.57 Å². The number of nitrogens with one attached hydrogen (secondary N) is 1. The molecule has 0 saturated heterocycles. The summed E-state index contributed by atoms with van der Waals surface area (Å²) in [6, 6.07) is 21.3. The van der Waals surface area contributed by atoms with Gasteiger partial charge in [-0.2, -0.15) is 0 Å². The van der Waals surface area contributed by atoms with Crippen LogP contribution in [-0.4, -0.2) is 32.6 Å². The molecule has 1 heterocycles. The highest BCUT2D eigenvalue weighted by molar-refractivity contribution is 6.46. The second-order valence-corrected chi connectivity index (χ2v) is 7.60. The minimum Gasteiger partial charge on any atom is -0.494 e. The van der Waals surface area contributed by atoms with Gasteiger partial charge in [-0.25, -0.2) is 4.90 Å². The van der Waals surface area contributed by atoms with E-state index < -0.39 is 11.8 Å². The Bertz CT molecular complexity index is 1240. The zero-order chi connectivity index (χ0) is 24.1. The van der Waals surface area contributed by atoms with E-state index >= 15 is 0 Å². The van der Waals surface area contributed by atoms with Crippen molar-refractivity contribution >= 4 is 28.8 Å². The molecule has 7 heteroatoms. The maximum Gasteiger partial charge on any atom is 0.282 e. The predicted molar refractivity (Wildman–Crippen MR) is 131 cm³/mol. The molecule has 0 aliphatic carbocycles. The van der Waals surface area contributed by atoms with Crippen molar-refractivity contribution in [2.75, 3.05) is 31.0 Å². The lowest BCUT2D eigenvalue weighted by Crippen LogP contribution is -2.32. The van der Waals surface area contributed by atoms with Crippen molar-refractivity contribution in [3.8, 4) is 17.2 Å². The van der Waals surface area contributed by atoms with Crippen LogP contribution in [0.4, 0.5) is 11.4 Å². The minimum absolute atomic E-state index is 0.175. The van der Waals surface area contributed by atoms with Crippen molar-refractivity contribution in [3.63, 3.8) is 0 Å². The topological polar surface area (TPSA) is 77.1 Å². The van der Waals surface area contributed by atoms with Crippen LogP contribution in [0.1, 0.15) is 18.9 Å². The number of hydrogen-bond donors (Lipinski definition) is 1. The molecule has 0 atom stereocenters. The summed E-state index contributed by atoms with van der Waals surface area (Å²) in [5, 5.41) is 3.17. The van der Waals surface area contributed by atoms with Gasteiger partial charge in [0, 0.05) is 11.8 Å². The number of para-hydroxylation sites is 1. The molecule has 0 bridgehead atoms. The molecule has 3 aromatic carbocycles. The number of hydrogen-bond acceptors (Lipinski definition) is 6. The summed E-state index contributed by atoms with van der Waals surface area (Å²) in [6.07, 6.45) is 0.880. The molecule has 0 radical (unpaired) electrons. The second kappa shape index (κ2) is 10.1. The van der Waals surface area contributed by atoms with Gasteiger partial charge < -0.3 is 19.5 Å². The van der Waals surface area contributed by atoms with Crippen molar-refractivity contribution in [2.24, 2.45) is 0 Å². The molecule has 4 rings (SSSR count). The lowest BCUT2D eigenvalue weighted by atomic mass is 10.0. The summed E-state index contributed by atoms with van der Waals surface area (Å²) < 4.78 is 16.5. The van der Waals surface area contributed by atoms with E-state index in [9.17, 15) is 9.59 Å². The number of methoxy groups -OCH3 is 2. The predicted octanol–water partition coefficient (Wildman–Crippen LogP) is 4.89. The highest BCUT2D eigenvalue weighted by atomic mass is 16.5. The van der Waals surface area contributed by atoms with Gasteiger partial charge in [0.15, 0.2) is 11.5 Å². The minimum atomic E-state index is -0.444. The molecular formula is C27H26N2O5. The van der Waals surface area contributed by atoms with Crippen LogP contribution >= 0.6 is 0 Å². The van der Waals surface area contributed by atoms with E-state index in [1.54, 1.807) is 55.6 Å². The lowest BCUT2D eigenvalue weighted by Gasteiger charge is -2.15. The van der Waals surface area contributed by atoms with Gasteiger partial charge in [-0.3, -0.25) is 9.59 Å². The van der Waals surface area contributed by atoms with Crippen molar-refractivity contribution < 1.29 is 23.8 Å². The molecule has 174 valence electrons. The van der Waals surface area contributed by atoms with Gasteiger partial charge in [-0.05, 0) is 48.4 Å². The zero-order valence-electron chi connectivity index (χ0n) is 19.3. The average molecular weight is 459 g/mol. The number of carbonyl (C=O) groups is 2. The largest absolute Gasteiger partial charge is 0.494 e. The number of ether oxygens (including phenoxy) is 3. The molecule has 0 unspecified atom stereocenters. The maximum atomic E-state index is 13.6. The Labute approximate surface area is 198 Å². The third-order valence-corrected chi connectivity index (χ3v) is 5.35. The van der Waals surface area contributed by atoms with Crippen LogP contribution in [0, 0.1) is 0 Å². The molecule has 1 aliphatic heterocycles. The van der Waals surface area contributed by atoms with Crippen molar-refractivity contribution in [1.29, 1.82) is 0 Å². The third kappa shape index (κ3) is 4.45. The van der Waals surface area contributed by atoms with E-state index in [1.165, 1.54) is 12.0 Å². The van der Waals surface area contributed by atoms with E-state index in [1.807, 2.05) is 31.2 Å². The molecular weight excluding hydrogens is 432 g/mol. The van der Waals surface area contributed by atoms with E-state index in [0.29, 0.717) is 40.8 Å². The fourth-order valence-corrected chi connectivity index (χ4v) is 3.74. The van der Waals surface area contributed by atoms with E-state index in [2.05, 4.69) is 5.32 Å². The Hall–Kier alpha value is -4.26. The highest BCUT2D eigenvalue weighted by Gasteiger charge is 2.40. The van der Waals surface area contributed by atoms with Gasteiger partial charge >= 0.3 is 0 Å². The SMILES string of the molecule is CCCOc1cccc(NC2=C(c3ccc(OC)c(OC)c3)C(=O)N(c3ccccc3)C2=O)c1. The maximum absolute atomic E-state index is 13.6. The molecule has 2 amide bonds. The summed E-state index contributed by atoms with van der Waals surface area (Å²) in [6.45, 7) is 2.62. The van der Waals surface area contributed by atoms with Crippen LogP contribution in [0.3, 0.4) is 0 Å². The molecule has 3 aromatic rings. The van der Waals surface area contributed by atoms with Crippen molar-refractivity contribution in [1.82, 2.24) is 0 Å². The number of anilines is 2. The van der Waals surface area contributed by atoms with E-state index in [0.717, 1.165) is 6.42 Å². The number of carbonyl (C=O) groups excluding carboxylic acids is 2. The number of imide groups is 1. The fraction of sp³-hybridized carbons (Fsp3) is 0.185. The Morgan fingerprint density at radius 3 is 2.29 bits per heavy atom. The standard InChI is InChI=1S/C27H26N2O5/c1-4-15-34-21-12-8-9-19(17-21)28-25-24(18-13-14-22(32-2)23(16-18)33-3)26(30)29(27(25)31)20-10-6-5-7-11-20/h5-14,16-17,28H,4,15H2,1-3H3. The molecule has 1 aliphatic rings. The Balaban J connectivity index is 1.80. The first-order valence-electron chi connectivity index (χ1n) is 11.0.